The van der Waals surface area contributed by atoms with Crippen LogP contribution in [0.2, 0.25) is 0 Å². The summed E-state index contributed by atoms with van der Waals surface area (Å²) in [6.07, 6.45) is -1.18. The molecule has 2 aromatic carbocycles. The summed E-state index contributed by atoms with van der Waals surface area (Å²) in [6.45, 7) is 0.285. The Hall–Kier alpha value is -4.27. The fourth-order valence-corrected chi connectivity index (χ4v) is 3.65. The van der Waals surface area contributed by atoms with Gasteiger partial charge >= 0.3 is 6.18 Å². The van der Waals surface area contributed by atoms with Crippen LogP contribution in [0.4, 0.5) is 13.2 Å². The van der Waals surface area contributed by atoms with E-state index in [2.05, 4.69) is 15.3 Å². The van der Waals surface area contributed by atoms with Gasteiger partial charge in [-0.05, 0) is 48.5 Å². The number of rotatable bonds is 4. The molecule has 5 rings (SSSR count). The topological polar surface area (TPSA) is 65.6 Å². The standard InChI is InChI=1S/C24H16F3N5O/c25-24(26,27)17-7-9-19(10-8-17)32-21-6-2-1-5-20(21)23(30-32)16-11-13-31(22(33)14-16)15-18-4-3-12-28-29-18/h1-14H,15H2. The van der Waals surface area contributed by atoms with Gasteiger partial charge in [0.25, 0.3) is 5.56 Å². The summed E-state index contributed by atoms with van der Waals surface area (Å²) in [7, 11) is 0. The second-order valence-electron chi connectivity index (χ2n) is 7.42. The minimum absolute atomic E-state index is 0.230. The molecule has 3 heterocycles. The second kappa shape index (κ2) is 8.01. The van der Waals surface area contributed by atoms with Crippen LogP contribution in [0, 0.1) is 0 Å². The molecule has 0 radical (unpaired) electrons. The lowest BCUT2D eigenvalue weighted by atomic mass is 10.1. The minimum atomic E-state index is -4.41. The average Bonchev–Trinajstić information content (AvgIpc) is 3.20. The molecule has 5 aromatic rings. The Morgan fingerprint density at radius 1 is 0.909 bits per heavy atom. The van der Waals surface area contributed by atoms with Crippen LogP contribution in [0.5, 0.6) is 0 Å². The molecule has 0 atom stereocenters. The van der Waals surface area contributed by atoms with Gasteiger partial charge in [-0.3, -0.25) is 4.79 Å². The van der Waals surface area contributed by atoms with Crippen molar-refractivity contribution in [2.45, 2.75) is 12.7 Å². The molecule has 0 aliphatic rings. The van der Waals surface area contributed by atoms with Crippen molar-refractivity contribution in [2.75, 3.05) is 0 Å². The predicted molar refractivity (Wildman–Crippen MR) is 117 cm³/mol. The van der Waals surface area contributed by atoms with E-state index in [-0.39, 0.29) is 12.1 Å². The van der Waals surface area contributed by atoms with Gasteiger partial charge in [0.05, 0.1) is 29.0 Å². The van der Waals surface area contributed by atoms with Gasteiger partial charge in [-0.2, -0.15) is 28.5 Å². The van der Waals surface area contributed by atoms with Crippen molar-refractivity contribution in [1.82, 2.24) is 24.5 Å². The maximum absolute atomic E-state index is 12.9. The largest absolute Gasteiger partial charge is 0.416 e. The van der Waals surface area contributed by atoms with Gasteiger partial charge in [0.2, 0.25) is 0 Å². The first-order chi connectivity index (χ1) is 15.9. The third-order valence-electron chi connectivity index (χ3n) is 5.26. The lowest BCUT2D eigenvalue weighted by molar-refractivity contribution is -0.137. The molecule has 0 spiro atoms. The number of pyridine rings is 1. The predicted octanol–water partition coefficient (Wildman–Crippen LogP) is 4.71. The van der Waals surface area contributed by atoms with Crippen molar-refractivity contribution in [3.63, 3.8) is 0 Å². The van der Waals surface area contributed by atoms with Crippen LogP contribution >= 0.6 is 0 Å². The van der Waals surface area contributed by atoms with Gasteiger partial charge in [-0.1, -0.05) is 18.2 Å². The first kappa shape index (κ1) is 20.6. The van der Waals surface area contributed by atoms with Gasteiger partial charge < -0.3 is 4.57 Å². The highest BCUT2D eigenvalue weighted by atomic mass is 19.4. The molecule has 0 fully saturated rings. The van der Waals surface area contributed by atoms with E-state index >= 15 is 0 Å². The zero-order valence-corrected chi connectivity index (χ0v) is 17.1. The van der Waals surface area contributed by atoms with Crippen molar-refractivity contribution in [2.24, 2.45) is 0 Å². The molecule has 0 saturated carbocycles. The highest BCUT2D eigenvalue weighted by Gasteiger charge is 2.30. The van der Waals surface area contributed by atoms with Crippen molar-refractivity contribution in [3.8, 4) is 16.9 Å². The van der Waals surface area contributed by atoms with Crippen LogP contribution in [0.15, 0.2) is 90.0 Å². The van der Waals surface area contributed by atoms with E-state index in [0.717, 1.165) is 23.0 Å². The molecule has 0 N–H and O–H groups in total. The van der Waals surface area contributed by atoms with E-state index in [9.17, 15) is 18.0 Å². The average molecular weight is 447 g/mol. The summed E-state index contributed by atoms with van der Waals surface area (Å²) in [6, 6.07) is 19.0. The molecule has 0 bridgehead atoms. The summed E-state index contributed by atoms with van der Waals surface area (Å²) in [5, 5.41) is 13.2. The number of nitrogens with zero attached hydrogens (tertiary/aromatic N) is 5. The van der Waals surface area contributed by atoms with E-state index in [1.165, 1.54) is 22.8 Å². The molecule has 0 amide bonds. The van der Waals surface area contributed by atoms with Gasteiger partial charge in [0.15, 0.2) is 0 Å². The van der Waals surface area contributed by atoms with E-state index in [4.69, 9.17) is 0 Å². The van der Waals surface area contributed by atoms with E-state index in [0.29, 0.717) is 22.6 Å². The van der Waals surface area contributed by atoms with E-state index in [1.54, 1.807) is 35.3 Å². The molecule has 0 aliphatic heterocycles. The molecule has 9 heteroatoms. The lowest BCUT2D eigenvalue weighted by Crippen LogP contribution is -2.19. The van der Waals surface area contributed by atoms with Crippen LogP contribution in [0.3, 0.4) is 0 Å². The van der Waals surface area contributed by atoms with Crippen LogP contribution in [0.1, 0.15) is 11.3 Å². The van der Waals surface area contributed by atoms with Crippen LogP contribution in [-0.2, 0) is 12.7 Å². The molecule has 0 aliphatic carbocycles. The third kappa shape index (κ3) is 4.00. The molecule has 0 saturated heterocycles. The summed E-state index contributed by atoms with van der Waals surface area (Å²) >= 11 is 0. The summed E-state index contributed by atoms with van der Waals surface area (Å²) in [4.78, 5) is 12.7. The monoisotopic (exact) mass is 447 g/mol. The fraction of sp³-hybridized carbons (Fsp3) is 0.0833. The van der Waals surface area contributed by atoms with Gasteiger partial charge in [-0.15, -0.1) is 0 Å². The molecular weight excluding hydrogens is 431 g/mol. The Bertz CT molecular complexity index is 1490. The Balaban J connectivity index is 1.56. The van der Waals surface area contributed by atoms with Gasteiger partial charge in [0.1, 0.15) is 5.69 Å². The molecule has 3 aromatic heterocycles. The number of para-hydroxylation sites is 1. The highest BCUT2D eigenvalue weighted by molar-refractivity contribution is 5.94. The number of benzene rings is 2. The normalized spacial score (nSPS) is 11.7. The zero-order chi connectivity index (χ0) is 23.0. The lowest BCUT2D eigenvalue weighted by Gasteiger charge is -2.08. The molecule has 0 unspecified atom stereocenters. The van der Waals surface area contributed by atoms with Crippen molar-refractivity contribution in [3.05, 3.63) is 107 Å². The smallest absolute Gasteiger partial charge is 0.309 e. The fourth-order valence-electron chi connectivity index (χ4n) is 3.65. The maximum Gasteiger partial charge on any atom is 0.416 e. The summed E-state index contributed by atoms with van der Waals surface area (Å²) in [5.41, 5.74) is 2.08. The summed E-state index contributed by atoms with van der Waals surface area (Å²) < 4.78 is 41.9. The molecular formula is C24H16F3N5O. The van der Waals surface area contributed by atoms with Crippen molar-refractivity contribution >= 4 is 10.9 Å². The van der Waals surface area contributed by atoms with Crippen LogP contribution in [-0.4, -0.2) is 24.5 Å². The first-order valence-corrected chi connectivity index (χ1v) is 10.0. The van der Waals surface area contributed by atoms with Gasteiger partial charge in [-0.25, -0.2) is 4.68 Å². The van der Waals surface area contributed by atoms with E-state index in [1.807, 2.05) is 24.3 Å². The Labute approximate surface area is 185 Å². The first-order valence-electron chi connectivity index (χ1n) is 10.0. The maximum atomic E-state index is 12.9. The second-order valence-corrected chi connectivity index (χ2v) is 7.42. The van der Waals surface area contributed by atoms with Gasteiger partial charge in [0, 0.05) is 29.4 Å². The molecule has 164 valence electrons. The number of halogens is 3. The van der Waals surface area contributed by atoms with Crippen molar-refractivity contribution in [1.29, 1.82) is 0 Å². The van der Waals surface area contributed by atoms with Crippen molar-refractivity contribution < 1.29 is 13.2 Å². The summed E-state index contributed by atoms with van der Waals surface area (Å²) in [5.74, 6) is 0. The minimum Gasteiger partial charge on any atom is -0.309 e. The number of hydrogen-bond donors (Lipinski definition) is 0. The Morgan fingerprint density at radius 2 is 1.70 bits per heavy atom. The SMILES string of the molecule is O=c1cc(-c2nn(-c3ccc(C(F)(F)F)cc3)c3ccccc23)ccn1Cc1cccnn1. The Kier molecular flexibility index (Phi) is 5.01. The zero-order valence-electron chi connectivity index (χ0n) is 17.1. The number of alkyl halides is 3. The number of fused-ring (bicyclic) bond motifs is 1. The number of aromatic nitrogens is 5. The van der Waals surface area contributed by atoms with E-state index < -0.39 is 11.7 Å². The molecule has 6 nitrogen and oxygen atoms in total. The number of hydrogen-bond acceptors (Lipinski definition) is 4. The van der Waals surface area contributed by atoms with Crippen LogP contribution < -0.4 is 5.56 Å². The third-order valence-corrected chi connectivity index (χ3v) is 5.26. The Morgan fingerprint density at radius 3 is 2.39 bits per heavy atom. The molecule has 33 heavy (non-hydrogen) atoms. The highest BCUT2D eigenvalue weighted by Crippen LogP contribution is 2.32. The van der Waals surface area contributed by atoms with Crippen LogP contribution in [0.25, 0.3) is 27.8 Å². The quantitative estimate of drug-likeness (QED) is 0.400.